The number of nitrogens with zero attached hydrogens (tertiary/aromatic N) is 1. The Labute approximate surface area is 87.0 Å². The summed E-state index contributed by atoms with van der Waals surface area (Å²) in [7, 11) is 0. The van der Waals surface area contributed by atoms with Gasteiger partial charge in [-0.3, -0.25) is 9.78 Å². The molecule has 1 heterocycles. The number of phenolic OH excluding ortho intramolecular Hbond substituents is 1. The van der Waals surface area contributed by atoms with Crippen molar-refractivity contribution < 1.29 is 9.90 Å². The van der Waals surface area contributed by atoms with Gasteiger partial charge >= 0.3 is 0 Å². The van der Waals surface area contributed by atoms with Crippen molar-refractivity contribution in [2.45, 2.75) is 0 Å². The van der Waals surface area contributed by atoms with Gasteiger partial charge in [0.2, 0.25) is 0 Å². The third-order valence-corrected chi connectivity index (χ3v) is 2.06. The van der Waals surface area contributed by atoms with E-state index in [4.69, 9.17) is 0 Å². The molecule has 2 aromatic rings. The first-order chi connectivity index (χ1) is 7.29. The van der Waals surface area contributed by atoms with Crippen molar-refractivity contribution in [2.75, 3.05) is 0 Å². The first-order valence-corrected chi connectivity index (χ1v) is 4.50. The molecule has 15 heavy (non-hydrogen) atoms. The molecule has 1 N–H and O–H groups in total. The Morgan fingerprint density at radius 2 is 2.07 bits per heavy atom. The van der Waals surface area contributed by atoms with E-state index < -0.39 is 0 Å². The van der Waals surface area contributed by atoms with E-state index in [-0.39, 0.29) is 5.75 Å². The quantitative estimate of drug-likeness (QED) is 0.755. The smallest absolute Gasteiger partial charge is 0.150 e. The Hall–Kier alpha value is -2.16. The summed E-state index contributed by atoms with van der Waals surface area (Å²) in [6.45, 7) is 0. The van der Waals surface area contributed by atoms with Crippen LogP contribution in [0.4, 0.5) is 0 Å². The van der Waals surface area contributed by atoms with Crippen LogP contribution in [0, 0.1) is 0 Å². The zero-order valence-corrected chi connectivity index (χ0v) is 7.92. The lowest BCUT2D eigenvalue weighted by Gasteiger charge is -2.01. The molecule has 0 spiro atoms. The van der Waals surface area contributed by atoms with E-state index >= 15 is 0 Å². The molecule has 0 saturated heterocycles. The fraction of sp³-hybridized carbons (Fsp3) is 0. The lowest BCUT2D eigenvalue weighted by molar-refractivity contribution is 0.112. The van der Waals surface area contributed by atoms with Crippen molar-refractivity contribution in [3.63, 3.8) is 0 Å². The molecule has 0 aliphatic carbocycles. The summed E-state index contributed by atoms with van der Waals surface area (Å²) in [4.78, 5) is 14.7. The van der Waals surface area contributed by atoms with Gasteiger partial charge in [0.15, 0.2) is 0 Å². The third kappa shape index (κ3) is 2.02. The van der Waals surface area contributed by atoms with Gasteiger partial charge in [0.05, 0.1) is 5.69 Å². The third-order valence-electron chi connectivity index (χ3n) is 2.06. The maximum atomic E-state index is 10.6. The van der Waals surface area contributed by atoms with Crippen molar-refractivity contribution in [3.05, 3.63) is 48.2 Å². The minimum absolute atomic E-state index is 0.186. The average molecular weight is 199 g/mol. The molecule has 0 radical (unpaired) electrons. The van der Waals surface area contributed by atoms with Crippen LogP contribution in [0.5, 0.6) is 5.75 Å². The number of hydrogen-bond acceptors (Lipinski definition) is 3. The highest BCUT2D eigenvalue weighted by molar-refractivity contribution is 5.77. The number of rotatable bonds is 2. The molecule has 0 fully saturated rings. The number of hydrogen-bond donors (Lipinski definition) is 1. The van der Waals surface area contributed by atoms with Crippen LogP contribution in [0.1, 0.15) is 10.4 Å². The minimum Gasteiger partial charge on any atom is -0.508 e. The summed E-state index contributed by atoms with van der Waals surface area (Å²) >= 11 is 0. The van der Waals surface area contributed by atoms with Gasteiger partial charge in [-0.25, -0.2) is 0 Å². The number of carbonyl (C=O) groups is 1. The Morgan fingerprint density at radius 3 is 2.80 bits per heavy atom. The molecule has 0 amide bonds. The zero-order valence-electron chi connectivity index (χ0n) is 7.92. The van der Waals surface area contributed by atoms with E-state index in [2.05, 4.69) is 4.98 Å². The van der Waals surface area contributed by atoms with Gasteiger partial charge < -0.3 is 5.11 Å². The molecule has 1 aromatic heterocycles. The van der Waals surface area contributed by atoms with E-state index in [1.807, 2.05) is 6.07 Å². The van der Waals surface area contributed by atoms with Gasteiger partial charge in [-0.15, -0.1) is 0 Å². The minimum atomic E-state index is 0.186. The van der Waals surface area contributed by atoms with Crippen molar-refractivity contribution >= 4 is 6.29 Å². The molecule has 0 unspecified atom stereocenters. The monoisotopic (exact) mass is 199 g/mol. The molecular weight excluding hydrogens is 190 g/mol. The molecule has 0 aliphatic rings. The standard InChI is InChI=1S/C12H9NO2/c14-8-9-4-5-13-12(6-9)10-2-1-3-11(15)7-10/h1-8,15H. The maximum absolute atomic E-state index is 10.6. The van der Waals surface area contributed by atoms with E-state index in [0.29, 0.717) is 11.3 Å². The Kier molecular flexibility index (Phi) is 2.46. The summed E-state index contributed by atoms with van der Waals surface area (Å²) in [5.41, 5.74) is 2.04. The number of aromatic hydroxyl groups is 1. The lowest BCUT2D eigenvalue weighted by atomic mass is 10.1. The van der Waals surface area contributed by atoms with Crippen molar-refractivity contribution in [2.24, 2.45) is 0 Å². The molecule has 3 nitrogen and oxygen atoms in total. The first kappa shape index (κ1) is 9.40. The molecule has 0 bridgehead atoms. The Bertz CT molecular complexity index is 494. The lowest BCUT2D eigenvalue weighted by Crippen LogP contribution is -1.86. The van der Waals surface area contributed by atoms with Crippen LogP contribution in [0.3, 0.4) is 0 Å². The summed E-state index contributed by atoms with van der Waals surface area (Å²) in [5, 5.41) is 9.30. The molecule has 1 aromatic carbocycles. The van der Waals surface area contributed by atoms with E-state index in [9.17, 15) is 9.90 Å². The van der Waals surface area contributed by atoms with Gasteiger partial charge in [0, 0.05) is 17.3 Å². The van der Waals surface area contributed by atoms with Gasteiger partial charge in [-0.1, -0.05) is 12.1 Å². The van der Waals surface area contributed by atoms with Gasteiger partial charge in [0.1, 0.15) is 12.0 Å². The van der Waals surface area contributed by atoms with Crippen molar-refractivity contribution in [1.82, 2.24) is 4.98 Å². The Morgan fingerprint density at radius 1 is 1.20 bits per heavy atom. The average Bonchev–Trinajstić information content (AvgIpc) is 2.29. The summed E-state index contributed by atoms with van der Waals surface area (Å²) in [6.07, 6.45) is 2.34. The van der Waals surface area contributed by atoms with E-state index in [1.165, 1.54) is 0 Å². The molecular formula is C12H9NO2. The number of carbonyl (C=O) groups excluding carboxylic acids is 1. The normalized spacial score (nSPS) is 9.87. The number of aromatic nitrogens is 1. The number of benzene rings is 1. The number of phenols is 1. The molecule has 2 rings (SSSR count). The second kappa shape index (κ2) is 3.92. The SMILES string of the molecule is O=Cc1ccnc(-c2cccc(O)c2)c1. The zero-order chi connectivity index (χ0) is 10.7. The van der Waals surface area contributed by atoms with Crippen LogP contribution in [-0.2, 0) is 0 Å². The topological polar surface area (TPSA) is 50.2 Å². The van der Waals surface area contributed by atoms with Crippen LogP contribution in [0.15, 0.2) is 42.6 Å². The summed E-state index contributed by atoms with van der Waals surface area (Å²) in [5.74, 6) is 0.186. The first-order valence-electron chi connectivity index (χ1n) is 4.50. The highest BCUT2D eigenvalue weighted by atomic mass is 16.3. The Balaban J connectivity index is 2.49. The highest BCUT2D eigenvalue weighted by Crippen LogP contribution is 2.21. The predicted molar refractivity (Wildman–Crippen MR) is 56.7 cm³/mol. The van der Waals surface area contributed by atoms with Crippen LogP contribution >= 0.6 is 0 Å². The van der Waals surface area contributed by atoms with Crippen LogP contribution in [0.2, 0.25) is 0 Å². The van der Waals surface area contributed by atoms with Crippen molar-refractivity contribution in [1.29, 1.82) is 0 Å². The molecule has 0 aliphatic heterocycles. The highest BCUT2D eigenvalue weighted by Gasteiger charge is 2.00. The van der Waals surface area contributed by atoms with Crippen LogP contribution < -0.4 is 0 Å². The molecule has 3 heteroatoms. The number of aldehydes is 1. The van der Waals surface area contributed by atoms with Gasteiger partial charge in [-0.2, -0.15) is 0 Å². The largest absolute Gasteiger partial charge is 0.508 e. The molecule has 0 saturated carbocycles. The van der Waals surface area contributed by atoms with Crippen molar-refractivity contribution in [3.8, 4) is 17.0 Å². The van der Waals surface area contributed by atoms with Crippen LogP contribution in [0.25, 0.3) is 11.3 Å². The van der Waals surface area contributed by atoms with Crippen LogP contribution in [-0.4, -0.2) is 16.4 Å². The maximum Gasteiger partial charge on any atom is 0.150 e. The summed E-state index contributed by atoms with van der Waals surface area (Å²) in [6, 6.07) is 10.1. The fourth-order valence-corrected chi connectivity index (χ4v) is 1.34. The second-order valence-corrected chi connectivity index (χ2v) is 3.14. The number of pyridine rings is 1. The van der Waals surface area contributed by atoms with E-state index in [1.54, 1.807) is 36.5 Å². The second-order valence-electron chi connectivity index (χ2n) is 3.14. The molecule has 0 atom stereocenters. The molecule has 74 valence electrons. The fourth-order valence-electron chi connectivity index (χ4n) is 1.34. The summed E-state index contributed by atoms with van der Waals surface area (Å²) < 4.78 is 0. The van der Waals surface area contributed by atoms with E-state index in [0.717, 1.165) is 11.8 Å². The van der Waals surface area contributed by atoms with Gasteiger partial charge in [-0.05, 0) is 24.3 Å². The van der Waals surface area contributed by atoms with Gasteiger partial charge in [0.25, 0.3) is 0 Å². The predicted octanol–water partition coefficient (Wildman–Crippen LogP) is 2.27.